The maximum atomic E-state index is 5.36. The van der Waals surface area contributed by atoms with E-state index in [9.17, 15) is 0 Å². The molecule has 0 bridgehead atoms. The average molecular weight is 244 g/mol. The number of nitrogens with zero attached hydrogens (tertiary/aromatic N) is 2. The molecule has 3 nitrogen and oxygen atoms in total. The number of hydrogen-bond donors (Lipinski definition) is 0. The lowest BCUT2D eigenvalue weighted by Crippen LogP contribution is -1.92. The highest BCUT2D eigenvalue weighted by atomic mass is 32.2. The summed E-state index contributed by atoms with van der Waals surface area (Å²) >= 11 is 1.75. The van der Waals surface area contributed by atoms with Gasteiger partial charge in [0.2, 0.25) is 0 Å². The first-order valence-electron chi connectivity index (χ1n) is 5.52. The first-order valence-corrected chi connectivity index (χ1v) is 6.51. The van der Waals surface area contributed by atoms with Crippen molar-refractivity contribution in [1.29, 1.82) is 0 Å². The molecule has 1 aliphatic heterocycles. The Bertz CT molecular complexity index is 622. The first-order chi connectivity index (χ1) is 8.35. The van der Waals surface area contributed by atoms with Crippen LogP contribution in [-0.4, -0.2) is 22.9 Å². The molecule has 0 unspecified atom stereocenters. The van der Waals surface area contributed by atoms with E-state index in [1.165, 1.54) is 5.56 Å². The number of pyridine rings is 1. The van der Waals surface area contributed by atoms with Crippen LogP contribution in [0, 0.1) is 0 Å². The van der Waals surface area contributed by atoms with Crippen molar-refractivity contribution in [3.8, 4) is 5.75 Å². The number of aromatic nitrogens is 1. The number of rotatable bonds is 2. The third-order valence-corrected chi connectivity index (χ3v) is 3.66. The quantitative estimate of drug-likeness (QED) is 0.812. The predicted octanol–water partition coefficient (Wildman–Crippen LogP) is 3.39. The van der Waals surface area contributed by atoms with E-state index in [1.54, 1.807) is 18.9 Å². The number of thioether (sulfide) groups is 1. The summed E-state index contributed by atoms with van der Waals surface area (Å²) in [4.78, 5) is 9.05. The number of ether oxygens (including phenoxy) is 1. The molecule has 0 atom stereocenters. The van der Waals surface area contributed by atoms with Gasteiger partial charge in [-0.05, 0) is 24.0 Å². The van der Waals surface area contributed by atoms with Gasteiger partial charge in [-0.2, -0.15) is 0 Å². The monoisotopic (exact) mass is 244 g/mol. The van der Waals surface area contributed by atoms with Crippen molar-refractivity contribution in [2.45, 2.75) is 6.92 Å². The van der Waals surface area contributed by atoms with Gasteiger partial charge in [-0.25, -0.2) is 4.99 Å². The zero-order chi connectivity index (χ0) is 11.8. The summed E-state index contributed by atoms with van der Waals surface area (Å²) in [6.45, 7) is 2.13. The summed E-state index contributed by atoms with van der Waals surface area (Å²) < 4.78 is 5.36. The second-order valence-electron chi connectivity index (χ2n) is 3.72. The summed E-state index contributed by atoms with van der Waals surface area (Å²) in [7, 11) is 1.67. The standard InChI is InChI=1S/C13H12N2OS/c1-3-17-13-8-6-7-14-9-4-5-10(16-2)12(15-13)11(8)9/h4-7H,3H2,1-2H3. The highest BCUT2D eigenvalue weighted by Crippen LogP contribution is 2.43. The fourth-order valence-electron chi connectivity index (χ4n) is 2.07. The van der Waals surface area contributed by atoms with Gasteiger partial charge in [0.15, 0.2) is 0 Å². The maximum absolute atomic E-state index is 5.36. The molecule has 0 amide bonds. The summed E-state index contributed by atoms with van der Waals surface area (Å²) in [6, 6.07) is 5.94. The predicted molar refractivity (Wildman–Crippen MR) is 72.6 cm³/mol. The van der Waals surface area contributed by atoms with Crippen LogP contribution in [0.3, 0.4) is 0 Å². The number of benzene rings is 1. The van der Waals surface area contributed by atoms with Crippen molar-refractivity contribution >= 4 is 33.4 Å². The fourth-order valence-corrected chi connectivity index (χ4v) is 2.83. The Hall–Kier alpha value is -1.55. The van der Waals surface area contributed by atoms with Crippen LogP contribution in [0.5, 0.6) is 5.75 Å². The van der Waals surface area contributed by atoms with Gasteiger partial charge in [-0.1, -0.05) is 6.92 Å². The smallest absolute Gasteiger partial charge is 0.145 e. The molecule has 0 spiro atoms. The molecule has 2 aromatic rings. The van der Waals surface area contributed by atoms with Crippen molar-refractivity contribution in [2.24, 2.45) is 4.99 Å². The number of methoxy groups -OCH3 is 1. The average Bonchev–Trinajstić information content (AvgIpc) is 2.72. The molecule has 1 aromatic carbocycles. The minimum atomic E-state index is 0.818. The first kappa shape index (κ1) is 10.6. The molecule has 0 fully saturated rings. The van der Waals surface area contributed by atoms with Crippen molar-refractivity contribution in [1.82, 2.24) is 4.98 Å². The Kier molecular flexibility index (Phi) is 2.52. The van der Waals surface area contributed by atoms with Crippen molar-refractivity contribution in [2.75, 3.05) is 12.9 Å². The number of aliphatic imine (C=N–C) groups is 1. The minimum Gasteiger partial charge on any atom is -0.494 e. The summed E-state index contributed by atoms with van der Waals surface area (Å²) in [5.74, 6) is 1.83. The molecular weight excluding hydrogens is 232 g/mol. The lowest BCUT2D eigenvalue weighted by molar-refractivity contribution is 0.417. The van der Waals surface area contributed by atoms with Crippen LogP contribution in [0.25, 0.3) is 10.9 Å². The van der Waals surface area contributed by atoms with Crippen LogP contribution < -0.4 is 4.74 Å². The van der Waals surface area contributed by atoms with Gasteiger partial charge in [-0.15, -0.1) is 11.8 Å². The van der Waals surface area contributed by atoms with E-state index >= 15 is 0 Å². The Morgan fingerprint density at radius 3 is 2.94 bits per heavy atom. The molecule has 4 heteroatoms. The van der Waals surface area contributed by atoms with Crippen LogP contribution in [0.2, 0.25) is 0 Å². The Balaban J connectivity index is 2.31. The van der Waals surface area contributed by atoms with Gasteiger partial charge in [0, 0.05) is 17.1 Å². The molecule has 0 saturated carbocycles. The lowest BCUT2D eigenvalue weighted by Gasteiger charge is -2.04. The Morgan fingerprint density at radius 1 is 1.29 bits per heavy atom. The second kappa shape index (κ2) is 4.04. The topological polar surface area (TPSA) is 34.5 Å². The van der Waals surface area contributed by atoms with Crippen LogP contribution >= 0.6 is 11.8 Å². The molecule has 3 rings (SSSR count). The molecule has 0 radical (unpaired) electrons. The Morgan fingerprint density at radius 2 is 2.18 bits per heavy atom. The van der Waals surface area contributed by atoms with Gasteiger partial charge >= 0.3 is 0 Å². The molecule has 1 aromatic heterocycles. The zero-order valence-electron chi connectivity index (χ0n) is 9.73. The lowest BCUT2D eigenvalue weighted by atomic mass is 10.1. The summed E-state index contributed by atoms with van der Waals surface area (Å²) in [6.07, 6.45) is 1.84. The maximum Gasteiger partial charge on any atom is 0.145 e. The van der Waals surface area contributed by atoms with E-state index in [0.717, 1.165) is 33.1 Å². The second-order valence-corrected chi connectivity index (χ2v) is 4.97. The van der Waals surface area contributed by atoms with Gasteiger partial charge in [-0.3, -0.25) is 4.98 Å². The Labute approximate surface area is 104 Å². The fraction of sp³-hybridized carbons (Fsp3) is 0.231. The molecule has 0 aliphatic carbocycles. The molecule has 0 N–H and O–H groups in total. The van der Waals surface area contributed by atoms with Crippen LogP contribution in [0.4, 0.5) is 5.69 Å². The van der Waals surface area contributed by atoms with Crippen molar-refractivity contribution in [3.05, 3.63) is 30.0 Å². The molecule has 0 saturated heterocycles. The third-order valence-electron chi connectivity index (χ3n) is 2.79. The molecule has 17 heavy (non-hydrogen) atoms. The van der Waals surface area contributed by atoms with Gasteiger partial charge in [0.1, 0.15) is 16.5 Å². The van der Waals surface area contributed by atoms with Crippen LogP contribution in [0.1, 0.15) is 12.5 Å². The van der Waals surface area contributed by atoms with E-state index in [1.807, 2.05) is 24.4 Å². The van der Waals surface area contributed by atoms with Crippen molar-refractivity contribution in [3.63, 3.8) is 0 Å². The third kappa shape index (κ3) is 1.52. The molecule has 86 valence electrons. The van der Waals surface area contributed by atoms with Gasteiger partial charge in [0.05, 0.1) is 12.6 Å². The van der Waals surface area contributed by atoms with E-state index in [0.29, 0.717) is 0 Å². The largest absolute Gasteiger partial charge is 0.494 e. The highest BCUT2D eigenvalue weighted by Gasteiger charge is 2.21. The van der Waals surface area contributed by atoms with E-state index in [2.05, 4.69) is 16.9 Å². The van der Waals surface area contributed by atoms with Crippen LogP contribution in [0.15, 0.2) is 29.4 Å². The van der Waals surface area contributed by atoms with Gasteiger partial charge < -0.3 is 4.74 Å². The van der Waals surface area contributed by atoms with E-state index in [4.69, 9.17) is 4.74 Å². The molecule has 2 heterocycles. The number of hydrogen-bond acceptors (Lipinski definition) is 4. The minimum absolute atomic E-state index is 0.818. The highest BCUT2D eigenvalue weighted by molar-refractivity contribution is 8.14. The van der Waals surface area contributed by atoms with Gasteiger partial charge in [0.25, 0.3) is 0 Å². The summed E-state index contributed by atoms with van der Waals surface area (Å²) in [5, 5.41) is 2.18. The van der Waals surface area contributed by atoms with E-state index < -0.39 is 0 Å². The van der Waals surface area contributed by atoms with Crippen molar-refractivity contribution < 1.29 is 4.74 Å². The summed E-state index contributed by atoms with van der Waals surface area (Å²) in [5.41, 5.74) is 3.08. The molecular formula is C13H12N2OS. The zero-order valence-corrected chi connectivity index (χ0v) is 10.5. The SMILES string of the molecule is CCSC1=Nc2c(OC)ccc3nccc1c23. The van der Waals surface area contributed by atoms with Crippen LogP contribution in [-0.2, 0) is 0 Å². The van der Waals surface area contributed by atoms with E-state index in [-0.39, 0.29) is 0 Å². The normalized spacial score (nSPS) is 12.9. The molecule has 1 aliphatic rings.